The molecule has 1 aliphatic heterocycles. The SMILES string of the molecule is COc1ccc(N(C)CC2CNc3ccccc3O2)cc1. The summed E-state index contributed by atoms with van der Waals surface area (Å²) in [7, 11) is 3.75. The van der Waals surface area contributed by atoms with Crippen LogP contribution in [0.3, 0.4) is 0 Å². The predicted octanol–water partition coefficient (Wildman–Crippen LogP) is 3.00. The number of nitrogens with zero attached hydrogens (tertiary/aromatic N) is 1. The van der Waals surface area contributed by atoms with Crippen LogP contribution >= 0.6 is 0 Å². The van der Waals surface area contributed by atoms with Gasteiger partial charge < -0.3 is 19.7 Å². The van der Waals surface area contributed by atoms with Crippen LogP contribution in [0.4, 0.5) is 11.4 Å². The Hall–Kier alpha value is -2.36. The molecule has 0 aromatic heterocycles. The van der Waals surface area contributed by atoms with Gasteiger partial charge in [-0.3, -0.25) is 0 Å². The Balaban J connectivity index is 1.64. The normalized spacial score (nSPS) is 16.4. The first-order valence-corrected chi connectivity index (χ1v) is 7.11. The summed E-state index contributed by atoms with van der Waals surface area (Å²) < 4.78 is 11.2. The average molecular weight is 284 g/mol. The van der Waals surface area contributed by atoms with E-state index in [4.69, 9.17) is 9.47 Å². The highest BCUT2D eigenvalue weighted by Crippen LogP contribution is 2.28. The van der Waals surface area contributed by atoms with Gasteiger partial charge in [0.2, 0.25) is 0 Å². The third kappa shape index (κ3) is 3.05. The minimum atomic E-state index is 0.131. The second kappa shape index (κ2) is 5.95. The molecule has 0 spiro atoms. The Labute approximate surface area is 125 Å². The molecule has 0 saturated heterocycles. The average Bonchev–Trinajstić information content (AvgIpc) is 2.55. The lowest BCUT2D eigenvalue weighted by atomic mass is 10.2. The topological polar surface area (TPSA) is 33.7 Å². The molecule has 0 radical (unpaired) electrons. The molecule has 4 heteroatoms. The first-order valence-electron chi connectivity index (χ1n) is 7.11. The number of hydrogen-bond donors (Lipinski definition) is 1. The van der Waals surface area contributed by atoms with Crippen molar-refractivity contribution in [1.82, 2.24) is 0 Å². The van der Waals surface area contributed by atoms with Crippen LogP contribution in [0, 0.1) is 0 Å². The van der Waals surface area contributed by atoms with Gasteiger partial charge in [-0.2, -0.15) is 0 Å². The minimum absolute atomic E-state index is 0.131. The van der Waals surface area contributed by atoms with Crippen LogP contribution in [0.15, 0.2) is 48.5 Å². The summed E-state index contributed by atoms with van der Waals surface area (Å²) in [4.78, 5) is 2.19. The van der Waals surface area contributed by atoms with E-state index in [2.05, 4.69) is 29.4 Å². The molecule has 0 saturated carbocycles. The Kier molecular flexibility index (Phi) is 3.86. The van der Waals surface area contributed by atoms with Gasteiger partial charge in [0.15, 0.2) is 0 Å². The summed E-state index contributed by atoms with van der Waals surface area (Å²) in [6.07, 6.45) is 0.131. The van der Waals surface area contributed by atoms with Crippen LogP contribution in [0.2, 0.25) is 0 Å². The van der Waals surface area contributed by atoms with E-state index < -0.39 is 0 Å². The maximum absolute atomic E-state index is 6.04. The zero-order valence-corrected chi connectivity index (χ0v) is 12.4. The lowest BCUT2D eigenvalue weighted by molar-refractivity contribution is 0.212. The van der Waals surface area contributed by atoms with Gasteiger partial charge in [-0.05, 0) is 36.4 Å². The van der Waals surface area contributed by atoms with E-state index in [1.165, 1.54) is 0 Å². The number of rotatable bonds is 4. The van der Waals surface area contributed by atoms with Crippen molar-refractivity contribution in [3.63, 3.8) is 0 Å². The summed E-state index contributed by atoms with van der Waals surface area (Å²) in [5, 5.41) is 3.42. The molecule has 0 aliphatic carbocycles. The van der Waals surface area contributed by atoms with E-state index in [1.807, 2.05) is 36.4 Å². The molecule has 3 rings (SSSR count). The van der Waals surface area contributed by atoms with Crippen LogP contribution in [0.25, 0.3) is 0 Å². The third-order valence-electron chi connectivity index (χ3n) is 3.69. The van der Waals surface area contributed by atoms with Gasteiger partial charge in [-0.1, -0.05) is 12.1 Å². The maximum atomic E-state index is 6.04. The van der Waals surface area contributed by atoms with Crippen LogP contribution in [0.5, 0.6) is 11.5 Å². The number of nitrogens with one attached hydrogen (secondary N) is 1. The van der Waals surface area contributed by atoms with Gasteiger partial charge in [-0.25, -0.2) is 0 Å². The van der Waals surface area contributed by atoms with Crippen LogP contribution < -0.4 is 19.7 Å². The van der Waals surface area contributed by atoms with E-state index in [1.54, 1.807) is 7.11 Å². The summed E-state index contributed by atoms with van der Waals surface area (Å²) in [6.45, 7) is 1.64. The van der Waals surface area contributed by atoms with Gasteiger partial charge >= 0.3 is 0 Å². The first-order chi connectivity index (χ1) is 10.3. The van der Waals surface area contributed by atoms with Crippen LogP contribution in [-0.4, -0.2) is 33.4 Å². The predicted molar refractivity (Wildman–Crippen MR) is 85.6 cm³/mol. The van der Waals surface area contributed by atoms with Crippen molar-refractivity contribution in [1.29, 1.82) is 0 Å². The smallest absolute Gasteiger partial charge is 0.143 e. The number of ether oxygens (including phenoxy) is 2. The van der Waals surface area contributed by atoms with Crippen LogP contribution in [-0.2, 0) is 0 Å². The number of benzene rings is 2. The molecule has 1 N–H and O–H groups in total. The first kappa shape index (κ1) is 13.6. The van der Waals surface area contributed by atoms with Gasteiger partial charge in [0.1, 0.15) is 17.6 Å². The highest BCUT2D eigenvalue weighted by Gasteiger charge is 2.20. The molecule has 1 aliphatic rings. The Bertz CT molecular complexity index is 598. The fourth-order valence-corrected chi connectivity index (χ4v) is 2.51. The molecular weight excluding hydrogens is 264 g/mol. The molecule has 1 unspecified atom stereocenters. The van der Waals surface area contributed by atoms with E-state index in [0.717, 1.165) is 36.0 Å². The second-order valence-corrected chi connectivity index (χ2v) is 5.20. The maximum Gasteiger partial charge on any atom is 0.143 e. The van der Waals surface area contributed by atoms with Crippen molar-refractivity contribution >= 4 is 11.4 Å². The standard InChI is InChI=1S/C17H20N2O2/c1-19(13-7-9-14(20-2)10-8-13)12-15-11-18-16-5-3-4-6-17(16)21-15/h3-10,15,18H,11-12H2,1-2H3. The largest absolute Gasteiger partial charge is 0.497 e. The van der Waals surface area contributed by atoms with Gasteiger partial charge in [0.25, 0.3) is 0 Å². The Morgan fingerprint density at radius 2 is 1.95 bits per heavy atom. The zero-order valence-electron chi connectivity index (χ0n) is 12.4. The molecule has 2 aromatic carbocycles. The molecule has 21 heavy (non-hydrogen) atoms. The highest BCUT2D eigenvalue weighted by atomic mass is 16.5. The highest BCUT2D eigenvalue weighted by molar-refractivity contribution is 5.58. The number of methoxy groups -OCH3 is 1. The van der Waals surface area contributed by atoms with E-state index in [0.29, 0.717) is 0 Å². The van der Waals surface area contributed by atoms with Crippen molar-refractivity contribution in [2.24, 2.45) is 0 Å². The van der Waals surface area contributed by atoms with Crippen molar-refractivity contribution in [2.75, 3.05) is 37.5 Å². The van der Waals surface area contributed by atoms with Crippen LogP contribution in [0.1, 0.15) is 0 Å². The molecule has 1 atom stereocenters. The lowest BCUT2D eigenvalue weighted by Crippen LogP contribution is -2.40. The molecule has 1 heterocycles. The fourth-order valence-electron chi connectivity index (χ4n) is 2.51. The Morgan fingerprint density at radius 3 is 2.71 bits per heavy atom. The molecule has 0 bridgehead atoms. The summed E-state index contributed by atoms with van der Waals surface area (Å²) >= 11 is 0. The van der Waals surface area contributed by atoms with E-state index in [9.17, 15) is 0 Å². The van der Waals surface area contributed by atoms with Crippen molar-refractivity contribution in [3.05, 3.63) is 48.5 Å². The number of para-hydroxylation sites is 2. The Morgan fingerprint density at radius 1 is 1.19 bits per heavy atom. The fraction of sp³-hybridized carbons (Fsp3) is 0.294. The number of hydrogen-bond acceptors (Lipinski definition) is 4. The van der Waals surface area contributed by atoms with Crippen molar-refractivity contribution in [3.8, 4) is 11.5 Å². The van der Waals surface area contributed by atoms with Crippen molar-refractivity contribution < 1.29 is 9.47 Å². The van der Waals surface area contributed by atoms with Gasteiger partial charge in [-0.15, -0.1) is 0 Å². The van der Waals surface area contributed by atoms with Crippen molar-refractivity contribution in [2.45, 2.75) is 6.10 Å². The molecule has 0 amide bonds. The number of fused-ring (bicyclic) bond motifs is 1. The molecule has 2 aromatic rings. The molecule has 110 valence electrons. The van der Waals surface area contributed by atoms with Gasteiger partial charge in [0.05, 0.1) is 25.9 Å². The summed E-state index contributed by atoms with van der Waals surface area (Å²) in [5.41, 5.74) is 2.22. The van der Waals surface area contributed by atoms with E-state index in [-0.39, 0.29) is 6.10 Å². The third-order valence-corrected chi connectivity index (χ3v) is 3.69. The quantitative estimate of drug-likeness (QED) is 0.936. The summed E-state index contributed by atoms with van der Waals surface area (Å²) in [6, 6.07) is 16.1. The summed E-state index contributed by atoms with van der Waals surface area (Å²) in [5.74, 6) is 1.80. The minimum Gasteiger partial charge on any atom is -0.497 e. The molecule has 4 nitrogen and oxygen atoms in total. The van der Waals surface area contributed by atoms with E-state index >= 15 is 0 Å². The molecular formula is C17H20N2O2. The second-order valence-electron chi connectivity index (χ2n) is 5.20. The number of anilines is 2. The monoisotopic (exact) mass is 284 g/mol. The number of likely N-dealkylation sites (N-methyl/N-ethyl adjacent to an activating group) is 1. The lowest BCUT2D eigenvalue weighted by Gasteiger charge is -2.31. The zero-order chi connectivity index (χ0) is 14.7. The molecule has 0 fully saturated rings. The van der Waals surface area contributed by atoms with Gasteiger partial charge in [0, 0.05) is 12.7 Å².